The molecule has 0 radical (unpaired) electrons. The van der Waals surface area contributed by atoms with Gasteiger partial charge in [0, 0.05) is 35.4 Å². The first-order chi connectivity index (χ1) is 12.9. The van der Waals surface area contributed by atoms with Crippen LogP contribution in [-0.4, -0.2) is 9.55 Å². The van der Waals surface area contributed by atoms with E-state index in [2.05, 4.69) is 21.1 Å². The van der Waals surface area contributed by atoms with Crippen LogP contribution in [0.15, 0.2) is 41.5 Å². The fraction of sp³-hybridized carbons (Fsp3) is 0.333. The Labute approximate surface area is 159 Å². The zero-order chi connectivity index (χ0) is 19.6. The van der Waals surface area contributed by atoms with Crippen LogP contribution in [0.3, 0.4) is 0 Å². The molecule has 2 heterocycles. The molecule has 0 bridgehead atoms. The third kappa shape index (κ3) is 3.93. The molecule has 0 saturated carbocycles. The van der Waals surface area contributed by atoms with E-state index in [1.54, 1.807) is 29.0 Å². The number of hydrogen-bond donors (Lipinski definition) is 0. The fourth-order valence-corrected chi connectivity index (χ4v) is 3.59. The molecule has 0 saturated heterocycles. The normalized spacial score (nSPS) is 12.5. The highest BCUT2D eigenvalue weighted by atomic mass is 31.0. The van der Waals surface area contributed by atoms with Crippen molar-refractivity contribution in [2.75, 3.05) is 0 Å². The number of pyridine rings is 2. The summed E-state index contributed by atoms with van der Waals surface area (Å²) in [6, 6.07) is 6.67. The Hall–Kier alpha value is -2.13. The van der Waals surface area contributed by atoms with E-state index in [1.165, 1.54) is 13.1 Å². The van der Waals surface area contributed by atoms with Crippen LogP contribution in [0.25, 0.3) is 22.0 Å². The van der Waals surface area contributed by atoms with Crippen LogP contribution in [-0.2, 0) is 6.54 Å². The number of halogens is 2. The minimum absolute atomic E-state index is 0.186. The van der Waals surface area contributed by atoms with Gasteiger partial charge in [0.25, 0.3) is 5.56 Å². The number of nitrogens with zero attached hydrogens (tertiary/aromatic N) is 2. The Morgan fingerprint density at radius 1 is 1.26 bits per heavy atom. The Morgan fingerprint density at radius 2 is 2.04 bits per heavy atom. The van der Waals surface area contributed by atoms with Gasteiger partial charge in [-0.3, -0.25) is 9.78 Å². The Balaban J connectivity index is 2.08. The molecule has 3 nitrogen and oxygen atoms in total. The average Bonchev–Trinajstić information content (AvgIpc) is 2.66. The van der Waals surface area contributed by atoms with Crippen molar-refractivity contribution in [1.82, 2.24) is 9.55 Å². The van der Waals surface area contributed by atoms with Gasteiger partial charge in [0.1, 0.15) is 12.0 Å². The molecule has 0 aliphatic heterocycles. The van der Waals surface area contributed by atoms with E-state index < -0.39 is 12.0 Å². The molecule has 27 heavy (non-hydrogen) atoms. The van der Waals surface area contributed by atoms with Gasteiger partial charge in [-0.1, -0.05) is 25.8 Å². The number of hydrogen-bond acceptors (Lipinski definition) is 2. The van der Waals surface area contributed by atoms with Crippen molar-refractivity contribution in [3.8, 4) is 11.3 Å². The lowest BCUT2D eigenvalue weighted by Gasteiger charge is -2.12. The smallest absolute Gasteiger partial charge is 0.259 e. The van der Waals surface area contributed by atoms with Gasteiger partial charge in [-0.15, -0.1) is 9.24 Å². The largest absolute Gasteiger partial charge is 0.315 e. The van der Waals surface area contributed by atoms with Crippen LogP contribution >= 0.6 is 9.24 Å². The molecule has 0 aliphatic rings. The number of aryl methyl sites for hydroxylation is 1. The molecule has 142 valence electrons. The highest BCUT2D eigenvalue weighted by Crippen LogP contribution is 2.26. The number of aromatic nitrogens is 2. The van der Waals surface area contributed by atoms with Gasteiger partial charge in [0.15, 0.2) is 0 Å². The van der Waals surface area contributed by atoms with Crippen LogP contribution < -0.4 is 10.9 Å². The molecule has 0 amide bonds. The number of fused-ring (bicyclic) bond motifs is 1. The minimum Gasteiger partial charge on any atom is -0.315 e. The summed E-state index contributed by atoms with van der Waals surface area (Å²) in [5.74, 6) is -0.496. The number of rotatable bonds is 6. The van der Waals surface area contributed by atoms with Crippen LogP contribution in [0.5, 0.6) is 0 Å². The van der Waals surface area contributed by atoms with Crippen molar-refractivity contribution < 1.29 is 8.78 Å². The monoisotopic (exact) mass is 388 g/mol. The molecule has 3 rings (SSSR count). The second kappa shape index (κ2) is 8.26. The van der Waals surface area contributed by atoms with Gasteiger partial charge in [-0.05, 0) is 36.9 Å². The van der Waals surface area contributed by atoms with Crippen molar-refractivity contribution >= 4 is 25.3 Å². The second-order valence-corrected chi connectivity index (χ2v) is 7.31. The maximum absolute atomic E-state index is 15.0. The lowest BCUT2D eigenvalue weighted by atomic mass is 10.0. The van der Waals surface area contributed by atoms with Crippen molar-refractivity contribution in [3.63, 3.8) is 0 Å². The van der Waals surface area contributed by atoms with Crippen molar-refractivity contribution in [3.05, 3.63) is 58.4 Å². The highest BCUT2D eigenvalue weighted by Gasteiger charge is 2.16. The maximum Gasteiger partial charge on any atom is 0.259 e. The van der Waals surface area contributed by atoms with E-state index in [4.69, 9.17) is 0 Å². The summed E-state index contributed by atoms with van der Waals surface area (Å²) in [4.78, 5) is 17.0. The topological polar surface area (TPSA) is 34.9 Å². The van der Waals surface area contributed by atoms with Crippen molar-refractivity contribution in [2.45, 2.75) is 45.8 Å². The highest BCUT2D eigenvalue weighted by molar-refractivity contribution is 7.28. The molecule has 2 aromatic heterocycles. The first kappa shape index (κ1) is 19.6. The summed E-state index contributed by atoms with van der Waals surface area (Å²) >= 11 is 0. The average molecular weight is 388 g/mol. The maximum atomic E-state index is 15.0. The Bertz CT molecular complexity index is 1010. The van der Waals surface area contributed by atoms with Crippen LogP contribution in [0.1, 0.15) is 44.8 Å². The fourth-order valence-electron chi connectivity index (χ4n) is 3.15. The van der Waals surface area contributed by atoms with E-state index >= 15 is 4.39 Å². The standard InChI is InChI=1S/C21H23F2N2OP/c1-3-4-5-9-25-10-8-14-11-16(19(23)20(27)18(14)21(25)26)17-7-6-15(12-24-17)13(2)22/h6-8,10-13H,3-5,9,27H2,1-2H3. The number of unbranched alkanes of at least 4 members (excludes halogenated alkanes) is 2. The second-order valence-electron chi connectivity index (χ2n) is 6.73. The van der Waals surface area contributed by atoms with Gasteiger partial charge in [-0.25, -0.2) is 8.78 Å². The third-order valence-electron chi connectivity index (χ3n) is 4.76. The van der Waals surface area contributed by atoms with Crippen LogP contribution in [0, 0.1) is 5.82 Å². The molecule has 2 unspecified atom stereocenters. The molecular formula is C21H23F2N2OP. The van der Waals surface area contributed by atoms with Gasteiger partial charge in [-0.2, -0.15) is 0 Å². The van der Waals surface area contributed by atoms with E-state index in [1.807, 2.05) is 6.07 Å². The predicted octanol–water partition coefficient (Wildman–Crippen LogP) is 4.92. The molecule has 3 aromatic rings. The van der Waals surface area contributed by atoms with Crippen molar-refractivity contribution in [2.24, 2.45) is 0 Å². The summed E-state index contributed by atoms with van der Waals surface area (Å²) in [6.45, 7) is 4.16. The molecule has 0 spiro atoms. The van der Waals surface area contributed by atoms with Crippen LogP contribution in [0.2, 0.25) is 0 Å². The molecule has 1 aromatic carbocycles. The molecule has 0 fully saturated rings. The van der Waals surface area contributed by atoms with Crippen molar-refractivity contribution in [1.29, 1.82) is 0 Å². The lowest BCUT2D eigenvalue weighted by Crippen LogP contribution is -2.24. The number of benzene rings is 1. The molecule has 2 atom stereocenters. The minimum atomic E-state index is -1.13. The summed E-state index contributed by atoms with van der Waals surface area (Å²) in [5, 5.41) is 1.27. The Kier molecular flexibility index (Phi) is 6.01. The van der Waals surface area contributed by atoms with Gasteiger partial charge >= 0.3 is 0 Å². The predicted molar refractivity (Wildman–Crippen MR) is 110 cm³/mol. The van der Waals surface area contributed by atoms with Crippen LogP contribution in [0.4, 0.5) is 8.78 Å². The van der Waals surface area contributed by atoms with Gasteiger partial charge < -0.3 is 4.57 Å². The zero-order valence-electron chi connectivity index (χ0n) is 15.5. The summed E-state index contributed by atoms with van der Waals surface area (Å²) in [5.41, 5.74) is 0.970. The quantitative estimate of drug-likeness (QED) is 0.444. The lowest BCUT2D eigenvalue weighted by molar-refractivity contribution is 0.373. The number of alkyl halides is 1. The summed E-state index contributed by atoms with van der Waals surface area (Å²) in [7, 11) is 2.35. The molecule has 6 heteroatoms. The molecule has 0 aliphatic carbocycles. The van der Waals surface area contributed by atoms with E-state index in [0.29, 0.717) is 34.1 Å². The summed E-state index contributed by atoms with van der Waals surface area (Å²) in [6.07, 6.45) is 5.08. The molecule has 0 N–H and O–H groups in total. The Morgan fingerprint density at radius 3 is 2.67 bits per heavy atom. The third-order valence-corrected chi connectivity index (χ3v) is 5.31. The molecular weight excluding hydrogens is 365 g/mol. The first-order valence-corrected chi connectivity index (χ1v) is 9.73. The van der Waals surface area contributed by atoms with Gasteiger partial charge in [0.2, 0.25) is 0 Å². The van der Waals surface area contributed by atoms with E-state index in [9.17, 15) is 9.18 Å². The zero-order valence-corrected chi connectivity index (χ0v) is 16.7. The summed E-state index contributed by atoms with van der Waals surface area (Å²) < 4.78 is 30.0. The van der Waals surface area contributed by atoms with Gasteiger partial charge in [0.05, 0.1) is 11.1 Å². The van der Waals surface area contributed by atoms with E-state index in [0.717, 1.165) is 19.3 Å². The first-order valence-electron chi connectivity index (χ1n) is 9.15. The van der Waals surface area contributed by atoms with E-state index in [-0.39, 0.29) is 10.9 Å². The SMILES string of the molecule is CCCCCn1ccc2cc(-c3ccc(C(C)F)cn3)c(F)c(P)c2c1=O.